The Balaban J connectivity index is 0.000000302. The van der Waals surface area contributed by atoms with E-state index < -0.39 is 42.0 Å². The quantitative estimate of drug-likeness (QED) is 0.259. The molecule has 13 heteroatoms. The number of hydrogen-bond acceptors (Lipinski definition) is 10. The molecule has 2 aliphatic rings. The van der Waals surface area contributed by atoms with E-state index in [1.54, 1.807) is 27.5 Å². The molecule has 0 radical (unpaired) electrons. The van der Waals surface area contributed by atoms with E-state index in [4.69, 9.17) is 34.6 Å². The zero-order chi connectivity index (χ0) is 30.4. The number of fused-ring (bicyclic) bond motifs is 1. The van der Waals surface area contributed by atoms with Crippen LogP contribution in [0.25, 0.3) is 0 Å². The molecule has 5 N–H and O–H groups in total. The highest BCUT2D eigenvalue weighted by atomic mass is 16.5. The van der Waals surface area contributed by atoms with Crippen molar-refractivity contribution in [3.63, 3.8) is 0 Å². The number of benzene rings is 1. The molecule has 2 heterocycles. The summed E-state index contributed by atoms with van der Waals surface area (Å²) in [5, 5.41) is 45.2. The first-order chi connectivity index (χ1) is 19.4. The third-order valence-electron chi connectivity index (χ3n) is 7.55. The maximum atomic E-state index is 11.4. The van der Waals surface area contributed by atoms with E-state index in [1.807, 2.05) is 30.3 Å². The molecule has 3 atom stereocenters. The van der Waals surface area contributed by atoms with Gasteiger partial charge in [-0.3, -0.25) is 19.5 Å². The fourth-order valence-corrected chi connectivity index (χ4v) is 5.65. The van der Waals surface area contributed by atoms with Crippen LogP contribution in [0, 0.1) is 11.8 Å². The number of aliphatic hydroxyl groups is 2. The van der Waals surface area contributed by atoms with Gasteiger partial charge in [0.1, 0.15) is 5.60 Å². The van der Waals surface area contributed by atoms with Gasteiger partial charge in [-0.15, -0.1) is 0 Å². The SMILES string of the molecule is COc1cc(CN2C[C@@H]3CC[C@@](O)(c4ccccn4)[C@@H]3C2)cc(OC)c1OC.O=C(O)CC(O)(CC(=O)O)C(=O)O. The molecular weight excluding hydrogens is 540 g/mol. The van der Waals surface area contributed by atoms with E-state index in [-0.39, 0.29) is 5.92 Å². The molecule has 1 aromatic heterocycles. The van der Waals surface area contributed by atoms with Crippen LogP contribution >= 0.6 is 0 Å². The van der Waals surface area contributed by atoms with Crippen molar-refractivity contribution in [3.8, 4) is 17.2 Å². The van der Waals surface area contributed by atoms with Crippen LogP contribution in [0.1, 0.15) is 36.9 Å². The molecule has 2 aromatic rings. The van der Waals surface area contributed by atoms with Crippen LogP contribution in [0.4, 0.5) is 0 Å². The number of carboxylic acids is 3. The average molecular weight is 577 g/mol. The van der Waals surface area contributed by atoms with E-state index in [2.05, 4.69) is 9.88 Å². The monoisotopic (exact) mass is 576 g/mol. The lowest BCUT2D eigenvalue weighted by Crippen LogP contribution is -2.42. The van der Waals surface area contributed by atoms with Crippen molar-refractivity contribution in [1.29, 1.82) is 0 Å². The Bertz CT molecular complexity index is 1200. The van der Waals surface area contributed by atoms with Gasteiger partial charge in [0.05, 0.1) is 39.9 Å². The lowest BCUT2D eigenvalue weighted by atomic mass is 9.85. The molecule has 4 rings (SSSR count). The summed E-state index contributed by atoms with van der Waals surface area (Å²) in [7, 11) is 4.88. The summed E-state index contributed by atoms with van der Waals surface area (Å²) < 4.78 is 16.4. The molecule has 13 nitrogen and oxygen atoms in total. The molecule has 41 heavy (non-hydrogen) atoms. The first kappa shape index (κ1) is 31.6. The third kappa shape index (κ3) is 7.23. The van der Waals surface area contributed by atoms with E-state index in [0.29, 0.717) is 23.2 Å². The Labute approximate surface area is 236 Å². The summed E-state index contributed by atoms with van der Waals surface area (Å²) in [5.41, 5.74) is -1.65. The molecule has 0 spiro atoms. The number of nitrogens with zero attached hydrogens (tertiary/aromatic N) is 2. The second-order valence-electron chi connectivity index (χ2n) is 10.2. The predicted molar refractivity (Wildman–Crippen MR) is 143 cm³/mol. The second kappa shape index (κ2) is 13.1. The number of ether oxygens (including phenoxy) is 3. The molecule has 1 saturated heterocycles. The van der Waals surface area contributed by atoms with Crippen LogP contribution in [-0.2, 0) is 26.5 Å². The first-order valence-electron chi connectivity index (χ1n) is 12.9. The summed E-state index contributed by atoms with van der Waals surface area (Å²) in [5.74, 6) is -2.37. The molecule has 2 fully saturated rings. The Hall–Kier alpha value is -3.94. The first-order valence-corrected chi connectivity index (χ1v) is 12.9. The largest absolute Gasteiger partial charge is 0.493 e. The third-order valence-corrected chi connectivity index (χ3v) is 7.55. The molecular formula is C28H36N2O11. The van der Waals surface area contributed by atoms with Gasteiger partial charge in [-0.05, 0) is 48.6 Å². The number of pyridine rings is 1. The normalized spacial score (nSPS) is 21.8. The van der Waals surface area contributed by atoms with Crippen LogP contribution in [-0.4, -0.2) is 93.3 Å². The molecule has 224 valence electrons. The minimum absolute atomic E-state index is 0.212. The van der Waals surface area contributed by atoms with Gasteiger partial charge in [-0.1, -0.05) is 6.07 Å². The number of carboxylic acid groups (broad SMARTS) is 3. The van der Waals surface area contributed by atoms with Crippen LogP contribution in [0.2, 0.25) is 0 Å². The molecule has 1 aliphatic carbocycles. The Morgan fingerprint density at radius 1 is 1.00 bits per heavy atom. The van der Waals surface area contributed by atoms with E-state index >= 15 is 0 Å². The maximum absolute atomic E-state index is 11.4. The van der Waals surface area contributed by atoms with Gasteiger partial charge < -0.3 is 39.7 Å². The fraction of sp³-hybridized carbons (Fsp3) is 0.500. The number of aromatic nitrogens is 1. The van der Waals surface area contributed by atoms with Crippen LogP contribution < -0.4 is 14.2 Å². The molecule has 0 unspecified atom stereocenters. The van der Waals surface area contributed by atoms with Gasteiger partial charge in [0, 0.05) is 31.7 Å². The molecule has 1 aliphatic heterocycles. The van der Waals surface area contributed by atoms with Crippen molar-refractivity contribution in [1.82, 2.24) is 9.88 Å². The maximum Gasteiger partial charge on any atom is 0.336 e. The number of aliphatic carboxylic acids is 3. The van der Waals surface area contributed by atoms with Gasteiger partial charge in [-0.25, -0.2) is 4.79 Å². The molecule has 1 saturated carbocycles. The van der Waals surface area contributed by atoms with Gasteiger partial charge in [0.2, 0.25) is 5.75 Å². The average Bonchev–Trinajstić information content (AvgIpc) is 3.47. The van der Waals surface area contributed by atoms with E-state index in [9.17, 15) is 19.5 Å². The predicted octanol–water partition coefficient (Wildman–Crippen LogP) is 1.59. The van der Waals surface area contributed by atoms with Crippen molar-refractivity contribution < 1.29 is 54.1 Å². The standard InChI is InChI=1S/C22H28N2O4.C6H8O7/c1-26-18-10-15(11-19(27-2)21(18)28-3)12-24-13-16-7-8-22(25,17(16)14-24)20-6-4-5-9-23-20;7-3(8)1-6(13,5(11)12)2-4(9)10/h4-6,9-11,16-17,25H,7-8,12-14H2,1-3H3;13H,1-2H2,(H,7,8)(H,9,10)(H,11,12)/t16-,17+,22-;/m0./s1. The minimum atomic E-state index is -2.74. The minimum Gasteiger partial charge on any atom is -0.493 e. The number of likely N-dealkylation sites (tertiary alicyclic amines) is 1. The van der Waals surface area contributed by atoms with E-state index in [0.717, 1.165) is 43.7 Å². The van der Waals surface area contributed by atoms with Crippen molar-refractivity contribution in [2.75, 3.05) is 34.4 Å². The summed E-state index contributed by atoms with van der Waals surface area (Å²) in [6.07, 6.45) is 1.30. The summed E-state index contributed by atoms with van der Waals surface area (Å²) >= 11 is 0. The van der Waals surface area contributed by atoms with Crippen molar-refractivity contribution in [3.05, 3.63) is 47.8 Å². The topological polar surface area (TPSA) is 196 Å². The fourth-order valence-electron chi connectivity index (χ4n) is 5.65. The zero-order valence-electron chi connectivity index (χ0n) is 23.1. The van der Waals surface area contributed by atoms with Crippen LogP contribution in [0.15, 0.2) is 36.5 Å². The number of hydrogen-bond donors (Lipinski definition) is 5. The van der Waals surface area contributed by atoms with Crippen LogP contribution in [0.5, 0.6) is 17.2 Å². The Kier molecular flexibility index (Phi) is 10.1. The summed E-state index contributed by atoms with van der Waals surface area (Å²) in [4.78, 5) is 37.3. The van der Waals surface area contributed by atoms with E-state index in [1.165, 1.54) is 0 Å². The van der Waals surface area contributed by atoms with Crippen molar-refractivity contribution >= 4 is 17.9 Å². The lowest BCUT2D eigenvalue weighted by Gasteiger charge is -2.29. The van der Waals surface area contributed by atoms with Gasteiger partial charge in [-0.2, -0.15) is 0 Å². The Morgan fingerprint density at radius 2 is 1.61 bits per heavy atom. The Morgan fingerprint density at radius 3 is 2.07 bits per heavy atom. The number of rotatable bonds is 11. The summed E-state index contributed by atoms with van der Waals surface area (Å²) in [6.45, 7) is 2.62. The van der Waals surface area contributed by atoms with Gasteiger partial charge in [0.25, 0.3) is 0 Å². The van der Waals surface area contributed by atoms with Crippen LogP contribution in [0.3, 0.4) is 0 Å². The zero-order valence-corrected chi connectivity index (χ0v) is 23.1. The van der Waals surface area contributed by atoms with Crippen molar-refractivity contribution in [2.24, 2.45) is 11.8 Å². The lowest BCUT2D eigenvalue weighted by molar-refractivity contribution is -0.170. The smallest absolute Gasteiger partial charge is 0.336 e. The highest BCUT2D eigenvalue weighted by molar-refractivity contribution is 5.88. The highest BCUT2D eigenvalue weighted by Crippen LogP contribution is 2.50. The number of carbonyl (C=O) groups is 3. The number of methoxy groups -OCH3 is 3. The van der Waals surface area contributed by atoms with Gasteiger partial charge >= 0.3 is 17.9 Å². The van der Waals surface area contributed by atoms with Crippen molar-refractivity contribution in [2.45, 2.75) is 43.4 Å². The summed E-state index contributed by atoms with van der Waals surface area (Å²) in [6, 6.07) is 9.80. The second-order valence-corrected chi connectivity index (χ2v) is 10.2. The molecule has 0 amide bonds. The molecule has 0 bridgehead atoms. The molecule has 1 aromatic carbocycles. The highest BCUT2D eigenvalue weighted by Gasteiger charge is 2.53. The van der Waals surface area contributed by atoms with Gasteiger partial charge in [0.15, 0.2) is 17.1 Å².